The van der Waals surface area contributed by atoms with Crippen LogP contribution in [0.4, 0.5) is 18.9 Å². The van der Waals surface area contributed by atoms with Gasteiger partial charge in [-0.15, -0.1) is 0 Å². The van der Waals surface area contributed by atoms with E-state index >= 15 is 0 Å². The molecule has 10 heteroatoms. The van der Waals surface area contributed by atoms with Crippen LogP contribution in [0.2, 0.25) is 0 Å². The Labute approximate surface area is 151 Å². The van der Waals surface area contributed by atoms with Crippen molar-refractivity contribution in [1.82, 2.24) is 14.4 Å². The van der Waals surface area contributed by atoms with Crippen molar-refractivity contribution in [3.8, 4) is 5.75 Å². The first-order valence-electron chi connectivity index (χ1n) is 7.92. The molecule has 0 unspecified atom stereocenters. The van der Waals surface area contributed by atoms with Crippen LogP contribution in [-0.4, -0.2) is 32.0 Å². The van der Waals surface area contributed by atoms with Crippen molar-refractivity contribution in [3.05, 3.63) is 53.7 Å². The van der Waals surface area contributed by atoms with Gasteiger partial charge in [-0.3, -0.25) is 4.79 Å². The molecule has 3 aromatic rings. The van der Waals surface area contributed by atoms with E-state index in [0.29, 0.717) is 23.7 Å². The van der Waals surface area contributed by atoms with E-state index < -0.39 is 17.8 Å². The van der Waals surface area contributed by atoms with Gasteiger partial charge < -0.3 is 19.6 Å². The molecule has 3 rings (SSSR count). The molecule has 0 aliphatic carbocycles. The predicted molar refractivity (Wildman–Crippen MR) is 89.5 cm³/mol. The lowest BCUT2D eigenvalue weighted by molar-refractivity contribution is -0.141. The molecule has 0 fully saturated rings. The minimum Gasteiger partial charge on any atom is -0.491 e. The van der Waals surface area contributed by atoms with Crippen molar-refractivity contribution in [3.63, 3.8) is 0 Å². The number of fused-ring (bicyclic) bond motifs is 1. The van der Waals surface area contributed by atoms with Crippen molar-refractivity contribution < 1.29 is 27.8 Å². The number of aliphatic hydroxyl groups is 1. The van der Waals surface area contributed by atoms with Crippen LogP contribution >= 0.6 is 0 Å². The van der Waals surface area contributed by atoms with Gasteiger partial charge in [0.2, 0.25) is 0 Å². The van der Waals surface area contributed by atoms with Crippen LogP contribution in [0.25, 0.3) is 5.65 Å². The average molecular weight is 380 g/mol. The number of aliphatic hydroxyl groups excluding tert-OH is 1. The fourth-order valence-electron chi connectivity index (χ4n) is 2.42. The molecule has 0 aliphatic rings. The van der Waals surface area contributed by atoms with Crippen LogP contribution in [0.5, 0.6) is 5.75 Å². The maximum atomic E-state index is 12.8. The maximum absolute atomic E-state index is 12.8. The van der Waals surface area contributed by atoms with Gasteiger partial charge in [-0.1, -0.05) is 6.07 Å². The number of rotatable bonds is 5. The summed E-state index contributed by atoms with van der Waals surface area (Å²) >= 11 is 0. The second kappa shape index (κ2) is 7.23. The summed E-state index contributed by atoms with van der Waals surface area (Å²) in [6, 6.07) is 4.64. The lowest BCUT2D eigenvalue weighted by Gasteiger charge is -2.12. The molecule has 1 amide bonds. The summed E-state index contributed by atoms with van der Waals surface area (Å²) in [6.45, 7) is 1.78. The van der Waals surface area contributed by atoms with Gasteiger partial charge in [0.15, 0.2) is 0 Å². The smallest absolute Gasteiger partial charge is 0.433 e. The van der Waals surface area contributed by atoms with Gasteiger partial charge in [-0.25, -0.2) is 9.97 Å². The highest BCUT2D eigenvalue weighted by Crippen LogP contribution is 2.29. The van der Waals surface area contributed by atoms with Gasteiger partial charge in [-0.2, -0.15) is 13.2 Å². The molecule has 0 aromatic carbocycles. The molecule has 0 radical (unpaired) electrons. The molecule has 3 aromatic heterocycles. The highest BCUT2D eigenvalue weighted by molar-refractivity contribution is 6.03. The van der Waals surface area contributed by atoms with Crippen molar-refractivity contribution in [2.45, 2.75) is 19.7 Å². The molecule has 0 saturated heterocycles. The lowest BCUT2D eigenvalue weighted by Crippen LogP contribution is -2.17. The molecular weight excluding hydrogens is 365 g/mol. The van der Waals surface area contributed by atoms with E-state index in [9.17, 15) is 23.1 Å². The number of nitrogens with one attached hydrogen (secondary N) is 1. The first-order valence-corrected chi connectivity index (χ1v) is 7.92. The fraction of sp³-hybridized carbons (Fsp3) is 0.235. The highest BCUT2D eigenvalue weighted by atomic mass is 19.4. The first kappa shape index (κ1) is 18.6. The molecule has 0 atom stereocenters. The molecular formula is C17H15F3N4O3. The predicted octanol–water partition coefficient (Wildman–Crippen LogP) is 2.89. The number of pyridine rings is 2. The fourth-order valence-corrected chi connectivity index (χ4v) is 2.42. The topological polar surface area (TPSA) is 88.8 Å². The molecule has 27 heavy (non-hydrogen) atoms. The lowest BCUT2D eigenvalue weighted by atomic mass is 10.2. The molecule has 2 N–H and O–H groups in total. The zero-order valence-corrected chi connectivity index (χ0v) is 14.1. The number of carbonyl (C=O) groups excluding carboxylic acids is 1. The number of aromatic nitrogens is 3. The number of hydrogen-bond donors (Lipinski definition) is 2. The van der Waals surface area contributed by atoms with Crippen LogP contribution in [0.3, 0.4) is 0 Å². The summed E-state index contributed by atoms with van der Waals surface area (Å²) in [5.41, 5.74) is -0.402. The van der Waals surface area contributed by atoms with E-state index in [0.717, 1.165) is 12.1 Å². The number of halogens is 3. The molecule has 0 spiro atoms. The van der Waals surface area contributed by atoms with Gasteiger partial charge in [0.25, 0.3) is 5.91 Å². The largest absolute Gasteiger partial charge is 0.491 e. The number of ether oxygens (including phenoxy) is 1. The minimum atomic E-state index is -4.65. The Morgan fingerprint density at radius 2 is 2.07 bits per heavy atom. The number of hydrogen-bond acceptors (Lipinski definition) is 5. The highest BCUT2D eigenvalue weighted by Gasteiger charge is 2.33. The summed E-state index contributed by atoms with van der Waals surface area (Å²) in [4.78, 5) is 19.9. The zero-order chi connectivity index (χ0) is 19.6. The van der Waals surface area contributed by atoms with Crippen molar-refractivity contribution >= 4 is 17.2 Å². The number of amides is 1. The van der Waals surface area contributed by atoms with Crippen molar-refractivity contribution in [1.29, 1.82) is 0 Å². The van der Waals surface area contributed by atoms with E-state index in [-0.39, 0.29) is 18.0 Å². The monoisotopic (exact) mass is 380 g/mol. The first-order chi connectivity index (χ1) is 12.8. The van der Waals surface area contributed by atoms with E-state index in [1.807, 2.05) is 0 Å². The van der Waals surface area contributed by atoms with Gasteiger partial charge in [0.05, 0.1) is 18.9 Å². The molecule has 142 valence electrons. The number of carbonyl (C=O) groups is 1. The van der Waals surface area contributed by atoms with Crippen LogP contribution in [0, 0.1) is 0 Å². The average Bonchev–Trinajstić information content (AvgIpc) is 3.03. The van der Waals surface area contributed by atoms with Crippen LogP contribution in [-0.2, 0) is 12.8 Å². The van der Waals surface area contributed by atoms with E-state index in [4.69, 9.17) is 4.74 Å². The van der Waals surface area contributed by atoms with Crippen molar-refractivity contribution in [2.24, 2.45) is 0 Å². The number of anilines is 1. The molecule has 3 heterocycles. The maximum Gasteiger partial charge on any atom is 0.433 e. The summed E-state index contributed by atoms with van der Waals surface area (Å²) < 4.78 is 45.4. The van der Waals surface area contributed by atoms with E-state index in [1.165, 1.54) is 12.3 Å². The van der Waals surface area contributed by atoms with Crippen LogP contribution in [0.15, 0.2) is 36.7 Å². The summed E-state index contributed by atoms with van der Waals surface area (Å²) in [5, 5.41) is 11.7. The molecule has 0 aliphatic heterocycles. The van der Waals surface area contributed by atoms with Crippen LogP contribution < -0.4 is 10.1 Å². The third-order valence-corrected chi connectivity index (χ3v) is 3.59. The van der Waals surface area contributed by atoms with E-state index in [1.54, 1.807) is 23.6 Å². The van der Waals surface area contributed by atoms with E-state index in [2.05, 4.69) is 15.3 Å². The van der Waals surface area contributed by atoms with Crippen LogP contribution in [0.1, 0.15) is 28.8 Å². The number of imidazole rings is 1. The number of alkyl halides is 3. The Morgan fingerprint density at radius 3 is 2.74 bits per heavy atom. The Kier molecular flexibility index (Phi) is 5.00. The van der Waals surface area contributed by atoms with Gasteiger partial charge >= 0.3 is 6.18 Å². The summed E-state index contributed by atoms with van der Waals surface area (Å²) in [5.74, 6) is -0.524. The van der Waals surface area contributed by atoms with Gasteiger partial charge in [0, 0.05) is 18.5 Å². The number of nitrogens with zero attached hydrogens (tertiary/aromatic N) is 3. The second-order valence-corrected chi connectivity index (χ2v) is 5.50. The third-order valence-electron chi connectivity index (χ3n) is 3.59. The normalized spacial score (nSPS) is 11.6. The Hall–Kier alpha value is -3.14. The second-order valence-electron chi connectivity index (χ2n) is 5.50. The SMILES string of the molecule is CCOc1cc2nc(CO)cn2cc1NC(=O)c1cccc(C(F)(F)F)n1. The molecule has 0 saturated carbocycles. The summed E-state index contributed by atoms with van der Waals surface area (Å²) in [7, 11) is 0. The quantitative estimate of drug-likeness (QED) is 0.711. The standard InChI is InChI=1S/C17H15F3N4O3/c1-2-27-13-6-15-21-10(9-25)7-24(15)8-12(13)23-16(26)11-4-3-5-14(22-11)17(18,19)20/h3-8,25H,2,9H2,1H3,(H,23,26). The summed E-state index contributed by atoms with van der Waals surface area (Å²) in [6.07, 6.45) is -1.59. The van der Waals surface area contributed by atoms with Gasteiger partial charge in [-0.05, 0) is 19.1 Å². The zero-order valence-electron chi connectivity index (χ0n) is 14.1. The Balaban J connectivity index is 1.95. The minimum absolute atomic E-state index is 0.232. The van der Waals surface area contributed by atoms with Crippen molar-refractivity contribution in [2.75, 3.05) is 11.9 Å². The molecule has 0 bridgehead atoms. The Bertz CT molecular complexity index is 985. The molecule has 7 nitrogen and oxygen atoms in total. The third kappa shape index (κ3) is 4.00. The Morgan fingerprint density at radius 1 is 1.30 bits per heavy atom. The van der Waals surface area contributed by atoms with Gasteiger partial charge in [0.1, 0.15) is 28.5 Å².